The summed E-state index contributed by atoms with van der Waals surface area (Å²) in [5, 5.41) is 13.0. The van der Waals surface area contributed by atoms with Crippen LogP contribution in [0.4, 0.5) is 0 Å². The number of nitrogens with one attached hydrogen (secondary N) is 1. The van der Waals surface area contributed by atoms with E-state index in [1.54, 1.807) is 0 Å². The summed E-state index contributed by atoms with van der Waals surface area (Å²) in [5.74, 6) is 1.73. The van der Waals surface area contributed by atoms with Crippen LogP contribution in [0.5, 0.6) is 5.75 Å². The van der Waals surface area contributed by atoms with Gasteiger partial charge in [0.05, 0.1) is 18.4 Å². The highest BCUT2D eigenvalue weighted by molar-refractivity contribution is 7.99. The first kappa shape index (κ1) is 16.9. The van der Waals surface area contributed by atoms with Gasteiger partial charge in [0.1, 0.15) is 11.9 Å². The van der Waals surface area contributed by atoms with E-state index in [1.807, 2.05) is 48.5 Å². The molecule has 2 aromatic carbocycles. The average molecular weight is 343 g/mol. The van der Waals surface area contributed by atoms with Crippen molar-refractivity contribution in [3.63, 3.8) is 0 Å². The molecular weight excluding hydrogens is 322 g/mol. The van der Waals surface area contributed by atoms with E-state index in [2.05, 4.69) is 11.4 Å². The molecule has 0 fully saturated rings. The SMILES string of the molecule is O=C(CSCC(O)c1ccccc1)NCC1Cc2ccccc2O1. The third-order valence-electron chi connectivity index (χ3n) is 3.93. The van der Waals surface area contributed by atoms with E-state index in [-0.39, 0.29) is 12.0 Å². The summed E-state index contributed by atoms with van der Waals surface area (Å²) in [4.78, 5) is 11.9. The van der Waals surface area contributed by atoms with Gasteiger partial charge in [0.2, 0.25) is 5.91 Å². The maximum atomic E-state index is 11.9. The minimum absolute atomic E-state index is 0.00580. The minimum Gasteiger partial charge on any atom is -0.488 e. The van der Waals surface area contributed by atoms with E-state index in [0.29, 0.717) is 18.1 Å². The van der Waals surface area contributed by atoms with Crippen molar-refractivity contribution >= 4 is 17.7 Å². The van der Waals surface area contributed by atoms with E-state index in [4.69, 9.17) is 4.74 Å². The number of hydrogen-bond acceptors (Lipinski definition) is 4. The first-order valence-electron chi connectivity index (χ1n) is 8.04. The molecule has 5 heteroatoms. The number of para-hydroxylation sites is 1. The molecular formula is C19H21NO3S. The number of carbonyl (C=O) groups is 1. The molecule has 0 saturated heterocycles. The minimum atomic E-state index is -0.545. The number of amides is 1. The molecule has 0 radical (unpaired) electrons. The smallest absolute Gasteiger partial charge is 0.230 e. The van der Waals surface area contributed by atoms with Crippen molar-refractivity contribution in [2.45, 2.75) is 18.6 Å². The van der Waals surface area contributed by atoms with Crippen LogP contribution in [0.15, 0.2) is 54.6 Å². The molecule has 0 spiro atoms. The van der Waals surface area contributed by atoms with Crippen LogP contribution in [-0.2, 0) is 11.2 Å². The van der Waals surface area contributed by atoms with Crippen LogP contribution in [0.25, 0.3) is 0 Å². The normalized spacial score (nSPS) is 17.0. The van der Waals surface area contributed by atoms with Gasteiger partial charge in [-0.05, 0) is 17.2 Å². The predicted molar refractivity (Wildman–Crippen MR) is 96.3 cm³/mol. The number of aliphatic hydroxyl groups is 1. The van der Waals surface area contributed by atoms with Gasteiger partial charge in [-0.2, -0.15) is 0 Å². The van der Waals surface area contributed by atoms with Gasteiger partial charge in [-0.3, -0.25) is 4.79 Å². The number of carbonyl (C=O) groups excluding carboxylic acids is 1. The van der Waals surface area contributed by atoms with Gasteiger partial charge < -0.3 is 15.2 Å². The summed E-state index contributed by atoms with van der Waals surface area (Å²) in [6.45, 7) is 0.509. The van der Waals surface area contributed by atoms with Crippen LogP contribution in [-0.4, -0.2) is 35.2 Å². The van der Waals surface area contributed by atoms with Crippen LogP contribution in [0.1, 0.15) is 17.2 Å². The maximum absolute atomic E-state index is 11.9. The van der Waals surface area contributed by atoms with Gasteiger partial charge in [0.15, 0.2) is 0 Å². The highest BCUT2D eigenvalue weighted by Crippen LogP contribution is 2.27. The second kappa shape index (κ2) is 8.22. The summed E-state index contributed by atoms with van der Waals surface area (Å²) in [5.41, 5.74) is 2.07. The van der Waals surface area contributed by atoms with Crippen molar-refractivity contribution < 1.29 is 14.6 Å². The number of benzene rings is 2. The lowest BCUT2D eigenvalue weighted by molar-refractivity contribution is -0.118. The first-order valence-corrected chi connectivity index (χ1v) is 9.20. The molecule has 2 N–H and O–H groups in total. The fourth-order valence-corrected chi connectivity index (χ4v) is 3.50. The standard InChI is InChI=1S/C19H21NO3S/c21-17(14-6-2-1-3-7-14)12-24-13-19(22)20-11-16-10-15-8-4-5-9-18(15)23-16/h1-9,16-17,21H,10-13H2,(H,20,22). The Morgan fingerprint density at radius 3 is 2.75 bits per heavy atom. The molecule has 2 unspecified atom stereocenters. The zero-order chi connectivity index (χ0) is 16.8. The summed E-state index contributed by atoms with van der Waals surface area (Å²) in [7, 11) is 0. The lowest BCUT2D eigenvalue weighted by atomic mass is 10.1. The van der Waals surface area contributed by atoms with Gasteiger partial charge in [0.25, 0.3) is 0 Å². The van der Waals surface area contributed by atoms with E-state index in [9.17, 15) is 9.90 Å². The van der Waals surface area contributed by atoms with Gasteiger partial charge >= 0.3 is 0 Å². The molecule has 3 rings (SSSR count). The lowest BCUT2D eigenvalue weighted by Gasteiger charge is -2.13. The fraction of sp³-hybridized carbons (Fsp3) is 0.316. The van der Waals surface area contributed by atoms with Crippen molar-refractivity contribution in [1.82, 2.24) is 5.32 Å². The Labute approximate surface area is 146 Å². The third kappa shape index (κ3) is 4.52. The second-order valence-electron chi connectivity index (χ2n) is 5.80. The fourth-order valence-electron chi connectivity index (χ4n) is 2.68. The molecule has 24 heavy (non-hydrogen) atoms. The number of aliphatic hydroxyl groups excluding tert-OH is 1. The summed E-state index contributed by atoms with van der Waals surface area (Å²) >= 11 is 1.43. The highest BCUT2D eigenvalue weighted by atomic mass is 32.2. The van der Waals surface area contributed by atoms with Gasteiger partial charge in [-0.15, -0.1) is 11.8 Å². The summed E-state index contributed by atoms with van der Waals surface area (Å²) < 4.78 is 5.80. The van der Waals surface area contributed by atoms with Crippen molar-refractivity contribution in [1.29, 1.82) is 0 Å². The largest absolute Gasteiger partial charge is 0.488 e. The highest BCUT2D eigenvalue weighted by Gasteiger charge is 2.22. The van der Waals surface area contributed by atoms with Gasteiger partial charge in [-0.25, -0.2) is 0 Å². The van der Waals surface area contributed by atoms with Crippen molar-refractivity contribution in [3.8, 4) is 5.75 Å². The lowest BCUT2D eigenvalue weighted by Crippen LogP contribution is -2.35. The Bertz CT molecular complexity index is 652. The molecule has 0 bridgehead atoms. The van der Waals surface area contributed by atoms with Crippen LogP contribution in [0, 0.1) is 0 Å². The topological polar surface area (TPSA) is 58.6 Å². The van der Waals surface area contributed by atoms with E-state index in [0.717, 1.165) is 17.7 Å². The number of ether oxygens (including phenoxy) is 1. The number of thioether (sulfide) groups is 1. The second-order valence-corrected chi connectivity index (χ2v) is 6.83. The van der Waals surface area contributed by atoms with Crippen LogP contribution in [0.3, 0.4) is 0 Å². The molecule has 0 saturated carbocycles. The average Bonchev–Trinajstić information content (AvgIpc) is 3.03. The monoisotopic (exact) mass is 343 g/mol. The molecule has 4 nitrogen and oxygen atoms in total. The predicted octanol–water partition coefficient (Wildman–Crippen LogP) is 2.57. The van der Waals surface area contributed by atoms with Crippen molar-refractivity contribution in [2.24, 2.45) is 0 Å². The zero-order valence-electron chi connectivity index (χ0n) is 13.4. The van der Waals surface area contributed by atoms with Crippen LogP contribution in [0.2, 0.25) is 0 Å². The molecule has 2 aromatic rings. The van der Waals surface area contributed by atoms with E-state index >= 15 is 0 Å². The summed E-state index contributed by atoms with van der Waals surface area (Å²) in [6.07, 6.45) is 0.291. The Balaban J connectivity index is 1.34. The first-order chi connectivity index (χ1) is 11.7. The molecule has 0 aromatic heterocycles. The van der Waals surface area contributed by atoms with Crippen molar-refractivity contribution in [3.05, 3.63) is 65.7 Å². The van der Waals surface area contributed by atoms with Crippen LogP contribution >= 0.6 is 11.8 Å². The number of fused-ring (bicyclic) bond motifs is 1. The number of rotatable bonds is 7. The van der Waals surface area contributed by atoms with E-state index < -0.39 is 6.10 Å². The van der Waals surface area contributed by atoms with Crippen LogP contribution < -0.4 is 10.1 Å². The number of hydrogen-bond donors (Lipinski definition) is 2. The molecule has 0 aliphatic carbocycles. The molecule has 1 amide bonds. The van der Waals surface area contributed by atoms with Crippen molar-refractivity contribution in [2.75, 3.05) is 18.1 Å². The zero-order valence-corrected chi connectivity index (χ0v) is 14.2. The molecule has 2 atom stereocenters. The summed E-state index contributed by atoms with van der Waals surface area (Å²) in [6, 6.07) is 17.5. The van der Waals surface area contributed by atoms with Gasteiger partial charge in [0, 0.05) is 12.2 Å². The Hall–Kier alpha value is -1.98. The maximum Gasteiger partial charge on any atom is 0.230 e. The van der Waals surface area contributed by atoms with E-state index in [1.165, 1.54) is 17.3 Å². The molecule has 1 aliphatic heterocycles. The quantitative estimate of drug-likeness (QED) is 0.811. The Morgan fingerprint density at radius 2 is 1.96 bits per heavy atom. The van der Waals surface area contributed by atoms with Gasteiger partial charge in [-0.1, -0.05) is 48.5 Å². The third-order valence-corrected chi connectivity index (χ3v) is 4.95. The Morgan fingerprint density at radius 1 is 1.21 bits per heavy atom. The molecule has 1 heterocycles. The molecule has 1 aliphatic rings. The molecule has 126 valence electrons. The Kier molecular flexibility index (Phi) is 5.77.